The molecule has 168 valence electrons. The summed E-state index contributed by atoms with van der Waals surface area (Å²) in [6, 6.07) is 10.7. The van der Waals surface area contributed by atoms with Crippen LogP contribution < -0.4 is 9.62 Å². The van der Waals surface area contributed by atoms with E-state index in [-0.39, 0.29) is 18.2 Å². The molecule has 0 saturated carbocycles. The Morgan fingerprint density at radius 1 is 1.06 bits per heavy atom. The molecule has 2 aromatic rings. The van der Waals surface area contributed by atoms with Gasteiger partial charge in [0.15, 0.2) is 0 Å². The number of sulfonamides is 1. The summed E-state index contributed by atoms with van der Waals surface area (Å²) in [5.74, 6) is -1.11. The molecule has 0 unspecified atom stereocenters. The molecule has 0 heterocycles. The lowest BCUT2D eigenvalue weighted by Crippen LogP contribution is -2.50. The standard InChI is InChI=1S/C24H31FN2O3S/c1-4-21(19-15-14-17-10-6-7-11-18(17)16-19)26-24(28)22(5-2)27(31(3,29)30)23-13-9-8-12-20(23)25/h8-9,12-16,21-22H,4-7,10-11H2,1-3H3,(H,26,28)/t21-,22+/m0/s1. The largest absolute Gasteiger partial charge is 0.347 e. The number of carbonyl (C=O) groups excluding carboxylic acids is 1. The summed E-state index contributed by atoms with van der Waals surface area (Å²) in [6.07, 6.45) is 6.38. The predicted molar refractivity (Wildman–Crippen MR) is 122 cm³/mol. The Bertz CT molecular complexity index is 1040. The van der Waals surface area contributed by atoms with Crippen LogP contribution in [0.4, 0.5) is 10.1 Å². The Kier molecular flexibility index (Phi) is 7.36. The third kappa shape index (κ3) is 5.26. The van der Waals surface area contributed by atoms with Crippen molar-refractivity contribution in [1.29, 1.82) is 0 Å². The number of aryl methyl sites for hydroxylation is 2. The van der Waals surface area contributed by atoms with Crippen molar-refractivity contribution in [3.8, 4) is 0 Å². The molecule has 1 N–H and O–H groups in total. The quantitative estimate of drug-likeness (QED) is 0.649. The van der Waals surface area contributed by atoms with Crippen molar-refractivity contribution < 1.29 is 17.6 Å². The van der Waals surface area contributed by atoms with Crippen LogP contribution in [0.15, 0.2) is 42.5 Å². The zero-order valence-corrected chi connectivity index (χ0v) is 19.2. The predicted octanol–water partition coefficient (Wildman–Crippen LogP) is 4.52. The smallest absolute Gasteiger partial charge is 0.244 e. The highest BCUT2D eigenvalue weighted by Crippen LogP contribution is 2.28. The molecule has 0 saturated heterocycles. The van der Waals surface area contributed by atoms with Crippen LogP contribution in [-0.2, 0) is 27.7 Å². The van der Waals surface area contributed by atoms with Gasteiger partial charge in [0.05, 0.1) is 18.0 Å². The highest BCUT2D eigenvalue weighted by Gasteiger charge is 2.34. The van der Waals surface area contributed by atoms with E-state index in [4.69, 9.17) is 0 Å². The van der Waals surface area contributed by atoms with Crippen molar-refractivity contribution in [2.75, 3.05) is 10.6 Å². The molecule has 0 fully saturated rings. The highest BCUT2D eigenvalue weighted by molar-refractivity contribution is 7.92. The van der Waals surface area contributed by atoms with Gasteiger partial charge in [-0.25, -0.2) is 12.8 Å². The van der Waals surface area contributed by atoms with E-state index in [9.17, 15) is 17.6 Å². The fraction of sp³-hybridized carbons (Fsp3) is 0.458. The van der Waals surface area contributed by atoms with Gasteiger partial charge < -0.3 is 5.32 Å². The van der Waals surface area contributed by atoms with Crippen molar-refractivity contribution in [2.45, 2.75) is 64.5 Å². The molecule has 3 rings (SSSR count). The summed E-state index contributed by atoms with van der Waals surface area (Å²) in [5.41, 5.74) is 3.59. The monoisotopic (exact) mass is 446 g/mol. The van der Waals surface area contributed by atoms with Crippen LogP contribution in [0.3, 0.4) is 0 Å². The average molecular weight is 447 g/mol. The van der Waals surface area contributed by atoms with Gasteiger partial charge >= 0.3 is 0 Å². The number of amides is 1. The third-order valence-electron chi connectivity index (χ3n) is 5.92. The molecule has 0 aliphatic heterocycles. The van der Waals surface area contributed by atoms with E-state index >= 15 is 0 Å². The molecule has 0 radical (unpaired) electrons. The molecule has 0 spiro atoms. The molecule has 0 bridgehead atoms. The highest BCUT2D eigenvalue weighted by atomic mass is 32.2. The number of rotatable bonds is 8. The van der Waals surface area contributed by atoms with Crippen molar-refractivity contribution in [3.05, 3.63) is 65.0 Å². The maximum absolute atomic E-state index is 14.4. The number of hydrogen-bond acceptors (Lipinski definition) is 3. The Morgan fingerprint density at radius 3 is 2.35 bits per heavy atom. The molecule has 31 heavy (non-hydrogen) atoms. The van der Waals surface area contributed by atoms with Gasteiger partial charge in [0.25, 0.3) is 0 Å². The Labute approximate surface area is 184 Å². The van der Waals surface area contributed by atoms with E-state index in [0.29, 0.717) is 6.42 Å². The first kappa shape index (κ1) is 23.3. The van der Waals surface area contributed by atoms with E-state index in [1.807, 2.05) is 13.0 Å². The second-order valence-corrected chi connectivity index (χ2v) is 10.00. The minimum absolute atomic E-state index is 0.117. The lowest BCUT2D eigenvalue weighted by Gasteiger charge is -2.31. The van der Waals surface area contributed by atoms with Crippen LogP contribution in [0, 0.1) is 5.82 Å². The first-order valence-corrected chi connectivity index (χ1v) is 12.8. The lowest BCUT2D eigenvalue weighted by atomic mass is 9.88. The second-order valence-electron chi connectivity index (χ2n) is 8.14. The molecular weight excluding hydrogens is 415 g/mol. The minimum Gasteiger partial charge on any atom is -0.347 e. The van der Waals surface area contributed by atoms with Gasteiger partial charge in [0.2, 0.25) is 15.9 Å². The first-order chi connectivity index (χ1) is 14.8. The normalized spacial score (nSPS) is 15.6. The summed E-state index contributed by atoms with van der Waals surface area (Å²) < 4.78 is 40.5. The van der Waals surface area contributed by atoms with Crippen LogP contribution >= 0.6 is 0 Å². The molecule has 2 atom stereocenters. The second kappa shape index (κ2) is 9.81. The van der Waals surface area contributed by atoms with Crippen LogP contribution in [0.1, 0.15) is 62.3 Å². The molecule has 7 heteroatoms. The van der Waals surface area contributed by atoms with Gasteiger partial charge in [-0.15, -0.1) is 0 Å². The van der Waals surface area contributed by atoms with Crippen LogP contribution in [-0.4, -0.2) is 26.6 Å². The van der Waals surface area contributed by atoms with Gasteiger partial charge in [-0.1, -0.05) is 44.2 Å². The molecule has 1 aliphatic carbocycles. The molecule has 1 aliphatic rings. The summed E-state index contributed by atoms with van der Waals surface area (Å²) in [7, 11) is -3.88. The molecule has 0 aromatic heterocycles. The van der Waals surface area contributed by atoms with E-state index in [1.165, 1.54) is 42.2 Å². The van der Waals surface area contributed by atoms with E-state index in [0.717, 1.165) is 29.0 Å². The van der Waals surface area contributed by atoms with Crippen molar-refractivity contribution >= 4 is 21.6 Å². The number of nitrogens with one attached hydrogen (secondary N) is 1. The van der Waals surface area contributed by atoms with Crippen molar-refractivity contribution in [1.82, 2.24) is 5.32 Å². The number of benzene rings is 2. The minimum atomic E-state index is -3.88. The third-order valence-corrected chi connectivity index (χ3v) is 7.09. The Morgan fingerprint density at radius 2 is 1.74 bits per heavy atom. The maximum atomic E-state index is 14.4. The Balaban J connectivity index is 1.88. The van der Waals surface area contributed by atoms with Gasteiger partial charge in [0.1, 0.15) is 11.9 Å². The number of hydrogen-bond donors (Lipinski definition) is 1. The fourth-order valence-electron chi connectivity index (χ4n) is 4.32. The fourth-order valence-corrected chi connectivity index (χ4v) is 5.54. The average Bonchev–Trinajstić information content (AvgIpc) is 2.75. The molecule has 1 amide bonds. The summed E-state index contributed by atoms with van der Waals surface area (Å²) in [5, 5.41) is 3.02. The zero-order chi connectivity index (χ0) is 22.6. The first-order valence-electron chi connectivity index (χ1n) is 10.9. The van der Waals surface area contributed by atoms with Crippen molar-refractivity contribution in [3.63, 3.8) is 0 Å². The number of anilines is 1. The summed E-state index contributed by atoms with van der Waals surface area (Å²) in [6.45, 7) is 3.71. The van der Waals surface area contributed by atoms with Crippen molar-refractivity contribution in [2.24, 2.45) is 0 Å². The van der Waals surface area contributed by atoms with Gasteiger partial charge in [-0.05, 0) is 67.3 Å². The van der Waals surface area contributed by atoms with E-state index in [2.05, 4.69) is 17.4 Å². The number of para-hydroxylation sites is 1. The zero-order valence-electron chi connectivity index (χ0n) is 18.4. The van der Waals surface area contributed by atoms with E-state index < -0.39 is 27.8 Å². The number of nitrogens with zero attached hydrogens (tertiary/aromatic N) is 1. The topological polar surface area (TPSA) is 66.5 Å². The lowest BCUT2D eigenvalue weighted by molar-refractivity contribution is -0.123. The van der Waals surface area contributed by atoms with Crippen LogP contribution in [0.25, 0.3) is 0 Å². The summed E-state index contributed by atoms with van der Waals surface area (Å²) >= 11 is 0. The van der Waals surface area contributed by atoms with Gasteiger partial charge in [0, 0.05) is 0 Å². The van der Waals surface area contributed by atoms with Crippen LogP contribution in [0.2, 0.25) is 0 Å². The molecular formula is C24H31FN2O3S. The SMILES string of the molecule is CC[C@H](NC(=O)[C@@H](CC)N(c1ccccc1F)S(C)(=O)=O)c1ccc2c(c1)CCCC2. The van der Waals surface area contributed by atoms with Crippen LogP contribution in [0.5, 0.6) is 0 Å². The Hall–Kier alpha value is -2.41. The van der Waals surface area contributed by atoms with Gasteiger partial charge in [-0.3, -0.25) is 9.10 Å². The summed E-state index contributed by atoms with van der Waals surface area (Å²) in [4.78, 5) is 13.2. The maximum Gasteiger partial charge on any atom is 0.244 e. The number of halogens is 1. The van der Waals surface area contributed by atoms with E-state index in [1.54, 1.807) is 13.0 Å². The molecule has 2 aromatic carbocycles. The van der Waals surface area contributed by atoms with Gasteiger partial charge in [-0.2, -0.15) is 0 Å². The molecule has 5 nitrogen and oxygen atoms in total. The number of fused-ring (bicyclic) bond motifs is 1. The number of carbonyl (C=O) groups is 1.